The van der Waals surface area contributed by atoms with Gasteiger partial charge < -0.3 is 14.4 Å². The molecule has 1 N–H and O–H groups in total. The van der Waals surface area contributed by atoms with Crippen LogP contribution in [0.5, 0.6) is 0 Å². The Morgan fingerprint density at radius 2 is 1.96 bits per heavy atom. The van der Waals surface area contributed by atoms with Crippen LogP contribution in [0.15, 0.2) is 57.8 Å². The van der Waals surface area contributed by atoms with E-state index in [0.29, 0.717) is 17.1 Å². The van der Waals surface area contributed by atoms with Crippen LogP contribution in [-0.4, -0.2) is 28.0 Å². The van der Waals surface area contributed by atoms with Gasteiger partial charge in [-0.2, -0.15) is 0 Å². The minimum atomic E-state index is -0.412. The van der Waals surface area contributed by atoms with Gasteiger partial charge in [-0.25, -0.2) is 0 Å². The Bertz CT molecular complexity index is 913. The Balaban J connectivity index is 1.81. The molecule has 1 amide bonds. The number of carbonyl (C=O) groups excluding carboxylic acids is 1. The first-order chi connectivity index (χ1) is 11.5. The van der Waals surface area contributed by atoms with E-state index >= 15 is 0 Å². The van der Waals surface area contributed by atoms with E-state index in [9.17, 15) is 9.59 Å². The number of amides is 1. The Labute approximate surface area is 138 Å². The number of nitrogens with zero attached hydrogens (tertiary/aromatic N) is 2. The molecule has 6 nitrogen and oxygen atoms in total. The molecule has 0 fully saturated rings. The minimum absolute atomic E-state index is 0.0948. The number of carbonyl (C=O) groups is 1. The van der Waals surface area contributed by atoms with Crippen molar-refractivity contribution in [2.75, 3.05) is 7.05 Å². The fourth-order valence-corrected chi connectivity index (χ4v) is 2.44. The number of aromatic amines is 1. The first-order valence-electron chi connectivity index (χ1n) is 7.51. The fourth-order valence-electron chi connectivity index (χ4n) is 2.44. The number of aromatic nitrogens is 2. The van der Waals surface area contributed by atoms with E-state index in [-0.39, 0.29) is 18.0 Å². The maximum absolute atomic E-state index is 12.5. The second-order valence-corrected chi connectivity index (χ2v) is 5.57. The van der Waals surface area contributed by atoms with E-state index in [1.807, 2.05) is 30.3 Å². The summed E-state index contributed by atoms with van der Waals surface area (Å²) < 4.78 is 4.98. The topological polar surface area (TPSA) is 79.2 Å². The van der Waals surface area contributed by atoms with Gasteiger partial charge in [-0.1, -0.05) is 35.5 Å². The maximum atomic E-state index is 12.5. The Kier molecular flexibility index (Phi) is 4.29. The maximum Gasteiger partial charge on any atom is 0.261 e. The van der Waals surface area contributed by atoms with Gasteiger partial charge in [0.2, 0.25) is 0 Å². The highest BCUT2D eigenvalue weighted by Gasteiger charge is 2.17. The van der Waals surface area contributed by atoms with Crippen LogP contribution in [0.4, 0.5) is 0 Å². The van der Waals surface area contributed by atoms with Gasteiger partial charge in [-0.05, 0) is 24.6 Å². The van der Waals surface area contributed by atoms with Gasteiger partial charge in [0.05, 0.1) is 6.54 Å². The number of hydrogen-bond donors (Lipinski definition) is 1. The van der Waals surface area contributed by atoms with Crippen LogP contribution < -0.4 is 5.56 Å². The van der Waals surface area contributed by atoms with Crippen molar-refractivity contribution in [3.8, 4) is 11.3 Å². The van der Waals surface area contributed by atoms with Gasteiger partial charge in [-0.3, -0.25) is 9.59 Å². The van der Waals surface area contributed by atoms with Crippen molar-refractivity contribution in [2.45, 2.75) is 13.5 Å². The smallest absolute Gasteiger partial charge is 0.261 e. The van der Waals surface area contributed by atoms with Gasteiger partial charge in [0.15, 0.2) is 0 Å². The normalized spacial score (nSPS) is 10.6. The molecule has 2 heterocycles. The average Bonchev–Trinajstić information content (AvgIpc) is 3.00. The number of hydrogen-bond acceptors (Lipinski definition) is 4. The van der Waals surface area contributed by atoms with Crippen LogP contribution in [0.3, 0.4) is 0 Å². The minimum Gasteiger partial charge on any atom is -0.361 e. The van der Waals surface area contributed by atoms with Gasteiger partial charge in [-0.15, -0.1) is 0 Å². The van der Waals surface area contributed by atoms with E-state index in [1.54, 1.807) is 32.2 Å². The molecule has 0 aliphatic heterocycles. The van der Waals surface area contributed by atoms with Crippen molar-refractivity contribution in [1.29, 1.82) is 0 Å². The quantitative estimate of drug-likeness (QED) is 0.800. The summed E-state index contributed by atoms with van der Waals surface area (Å²) in [6.45, 7) is 2.06. The standard InChI is InChI=1S/C18H17N3O3/c1-12-10-14(20-24-12)11-21(2)18(23)15-8-9-16(19-17(15)22)13-6-4-3-5-7-13/h3-10H,11H2,1-2H3,(H,19,22). The Hall–Kier alpha value is -3.15. The van der Waals surface area contributed by atoms with E-state index in [1.165, 1.54) is 4.90 Å². The highest BCUT2D eigenvalue weighted by atomic mass is 16.5. The molecule has 6 heteroatoms. The van der Waals surface area contributed by atoms with Gasteiger partial charge in [0.25, 0.3) is 11.5 Å². The van der Waals surface area contributed by atoms with Crippen molar-refractivity contribution in [3.63, 3.8) is 0 Å². The van der Waals surface area contributed by atoms with Crippen molar-refractivity contribution < 1.29 is 9.32 Å². The SMILES string of the molecule is Cc1cc(CN(C)C(=O)c2ccc(-c3ccccc3)[nH]c2=O)no1. The molecule has 0 spiro atoms. The van der Waals surface area contributed by atoms with Crippen molar-refractivity contribution >= 4 is 5.91 Å². The van der Waals surface area contributed by atoms with E-state index in [0.717, 1.165) is 5.56 Å². The summed E-state index contributed by atoms with van der Waals surface area (Å²) in [6.07, 6.45) is 0. The zero-order valence-corrected chi connectivity index (χ0v) is 13.4. The highest BCUT2D eigenvalue weighted by molar-refractivity contribution is 5.93. The summed E-state index contributed by atoms with van der Waals surface area (Å²) in [5.74, 6) is 0.312. The van der Waals surface area contributed by atoms with Crippen molar-refractivity contribution in [2.24, 2.45) is 0 Å². The molecule has 122 valence electrons. The highest BCUT2D eigenvalue weighted by Crippen LogP contribution is 2.15. The molecule has 3 rings (SSSR count). The number of nitrogens with one attached hydrogen (secondary N) is 1. The first kappa shape index (κ1) is 15.7. The van der Waals surface area contributed by atoms with Gasteiger partial charge in [0, 0.05) is 18.8 Å². The van der Waals surface area contributed by atoms with Gasteiger partial charge in [0.1, 0.15) is 17.0 Å². The van der Waals surface area contributed by atoms with Crippen LogP contribution >= 0.6 is 0 Å². The molecular weight excluding hydrogens is 306 g/mol. The second kappa shape index (κ2) is 6.54. The lowest BCUT2D eigenvalue weighted by Gasteiger charge is -2.15. The monoisotopic (exact) mass is 323 g/mol. The molecule has 1 aromatic carbocycles. The number of H-pyrrole nitrogens is 1. The Morgan fingerprint density at radius 3 is 2.58 bits per heavy atom. The van der Waals surface area contributed by atoms with Crippen molar-refractivity contribution in [3.05, 3.63) is 75.9 Å². The molecule has 0 saturated carbocycles. The van der Waals surface area contributed by atoms with Gasteiger partial charge >= 0.3 is 0 Å². The summed E-state index contributed by atoms with van der Waals surface area (Å²) >= 11 is 0. The molecule has 2 aromatic heterocycles. The fraction of sp³-hybridized carbons (Fsp3) is 0.167. The van der Waals surface area contributed by atoms with Crippen molar-refractivity contribution in [1.82, 2.24) is 15.0 Å². The van der Waals surface area contributed by atoms with Crippen LogP contribution in [-0.2, 0) is 6.54 Å². The molecule has 0 unspecified atom stereocenters. The number of benzene rings is 1. The number of aryl methyl sites for hydroxylation is 1. The number of pyridine rings is 1. The lowest BCUT2D eigenvalue weighted by atomic mass is 10.1. The van der Waals surface area contributed by atoms with Crippen LogP contribution in [0.1, 0.15) is 21.8 Å². The predicted molar refractivity (Wildman–Crippen MR) is 89.5 cm³/mol. The zero-order valence-electron chi connectivity index (χ0n) is 13.4. The zero-order chi connectivity index (χ0) is 17.1. The van der Waals surface area contributed by atoms with E-state index in [2.05, 4.69) is 10.1 Å². The summed E-state index contributed by atoms with van der Waals surface area (Å²) in [4.78, 5) is 28.9. The third-order valence-corrected chi connectivity index (χ3v) is 3.65. The lowest BCUT2D eigenvalue weighted by Crippen LogP contribution is -2.31. The second-order valence-electron chi connectivity index (χ2n) is 5.57. The molecule has 0 saturated heterocycles. The van der Waals surface area contributed by atoms with Crippen LogP contribution in [0.25, 0.3) is 11.3 Å². The lowest BCUT2D eigenvalue weighted by molar-refractivity contribution is 0.0780. The van der Waals surface area contributed by atoms with Crippen LogP contribution in [0.2, 0.25) is 0 Å². The summed E-state index contributed by atoms with van der Waals surface area (Å²) in [5.41, 5.74) is 1.88. The summed E-state index contributed by atoms with van der Waals surface area (Å²) in [5, 5.41) is 3.85. The molecular formula is C18H17N3O3. The molecule has 0 atom stereocenters. The molecule has 0 bridgehead atoms. The molecule has 0 aliphatic rings. The average molecular weight is 323 g/mol. The largest absolute Gasteiger partial charge is 0.361 e. The summed E-state index contributed by atoms with van der Waals surface area (Å²) in [7, 11) is 1.62. The molecule has 24 heavy (non-hydrogen) atoms. The van der Waals surface area contributed by atoms with E-state index in [4.69, 9.17) is 4.52 Å². The molecule has 0 aliphatic carbocycles. The summed E-state index contributed by atoms with van der Waals surface area (Å²) in [6, 6.07) is 14.5. The molecule has 0 radical (unpaired) electrons. The Morgan fingerprint density at radius 1 is 1.21 bits per heavy atom. The predicted octanol–water partition coefficient (Wildman–Crippen LogP) is 2.61. The van der Waals surface area contributed by atoms with Crippen LogP contribution in [0, 0.1) is 6.92 Å². The third-order valence-electron chi connectivity index (χ3n) is 3.65. The number of rotatable bonds is 4. The van der Waals surface area contributed by atoms with E-state index < -0.39 is 5.56 Å². The molecule has 3 aromatic rings. The third kappa shape index (κ3) is 3.27. The first-order valence-corrected chi connectivity index (χ1v) is 7.51.